The molecule has 8 heteroatoms. The molecule has 1 saturated heterocycles. The molecule has 1 saturated carbocycles. The fourth-order valence-corrected chi connectivity index (χ4v) is 7.39. The van der Waals surface area contributed by atoms with Gasteiger partial charge in [0.05, 0.1) is 24.2 Å². The smallest absolute Gasteiger partial charge is 0.272 e. The first-order chi connectivity index (χ1) is 15.4. The van der Waals surface area contributed by atoms with Crippen molar-refractivity contribution < 1.29 is 14.1 Å². The van der Waals surface area contributed by atoms with Crippen LogP contribution >= 0.6 is 7.49 Å². The van der Waals surface area contributed by atoms with Crippen LogP contribution in [0.1, 0.15) is 30.5 Å². The summed E-state index contributed by atoms with van der Waals surface area (Å²) >= 11 is 0. The van der Waals surface area contributed by atoms with Crippen molar-refractivity contribution in [2.45, 2.75) is 25.7 Å². The maximum Gasteiger partial charge on any atom is 0.272 e. The van der Waals surface area contributed by atoms with Gasteiger partial charge in [-0.1, -0.05) is 30.7 Å². The lowest BCUT2D eigenvalue weighted by molar-refractivity contribution is -0.137. The summed E-state index contributed by atoms with van der Waals surface area (Å²) in [7, 11) is -2.69. The molecule has 0 spiro atoms. The third-order valence-corrected chi connectivity index (χ3v) is 9.97. The number of benzene rings is 2. The molecule has 0 radical (unpaired) electrons. The zero-order valence-corrected chi connectivity index (χ0v) is 18.7. The SMILES string of the molecule is O=C(C1CCC1)N1CC[P+](O)(c2cc(Cc3n[nH]c(=O)c4ccccc34)ccc2F)CC1. The largest absolute Gasteiger partial charge is 0.335 e. The highest BCUT2D eigenvalue weighted by molar-refractivity contribution is 7.77. The highest BCUT2D eigenvalue weighted by Gasteiger charge is 2.46. The number of fused-ring (bicyclic) bond motifs is 1. The molecule has 0 bridgehead atoms. The predicted molar refractivity (Wildman–Crippen MR) is 124 cm³/mol. The quantitative estimate of drug-likeness (QED) is 0.594. The number of halogens is 1. The minimum atomic E-state index is -2.69. The van der Waals surface area contributed by atoms with Gasteiger partial charge in [-0.2, -0.15) is 5.10 Å². The lowest BCUT2D eigenvalue weighted by Gasteiger charge is -2.36. The van der Waals surface area contributed by atoms with Gasteiger partial charge in [0.15, 0.2) is 18.6 Å². The summed E-state index contributed by atoms with van der Waals surface area (Å²) in [5.74, 6) is -0.0744. The normalized spacial score (nSPS) is 18.5. The van der Waals surface area contributed by atoms with E-state index in [-0.39, 0.29) is 17.4 Å². The summed E-state index contributed by atoms with van der Waals surface area (Å²) in [6, 6.07) is 12.1. The molecule has 5 rings (SSSR count). The van der Waals surface area contributed by atoms with E-state index in [2.05, 4.69) is 10.2 Å². The first kappa shape index (κ1) is 21.2. The Labute approximate surface area is 185 Å². The monoisotopic (exact) mass is 454 g/mol. The van der Waals surface area contributed by atoms with E-state index in [0.717, 1.165) is 30.2 Å². The van der Waals surface area contributed by atoms with Crippen LogP contribution in [0, 0.1) is 11.7 Å². The molecule has 2 fully saturated rings. The van der Waals surface area contributed by atoms with Gasteiger partial charge >= 0.3 is 0 Å². The number of nitrogens with one attached hydrogen (secondary N) is 1. The second kappa shape index (κ2) is 8.38. The van der Waals surface area contributed by atoms with Crippen molar-refractivity contribution in [3.63, 3.8) is 0 Å². The first-order valence-corrected chi connectivity index (χ1v) is 13.2. The van der Waals surface area contributed by atoms with Crippen molar-refractivity contribution in [3.8, 4) is 0 Å². The molecule has 1 aliphatic carbocycles. The van der Waals surface area contributed by atoms with Crippen LogP contribution in [0.4, 0.5) is 4.39 Å². The molecule has 3 aromatic rings. The third kappa shape index (κ3) is 3.84. The van der Waals surface area contributed by atoms with E-state index in [1.165, 1.54) is 6.07 Å². The highest BCUT2D eigenvalue weighted by atomic mass is 31.2. The van der Waals surface area contributed by atoms with Gasteiger partial charge in [-0.15, -0.1) is 0 Å². The topological polar surface area (TPSA) is 86.3 Å². The number of amides is 1. The molecule has 32 heavy (non-hydrogen) atoms. The van der Waals surface area contributed by atoms with Gasteiger partial charge in [0.2, 0.25) is 5.91 Å². The van der Waals surface area contributed by atoms with E-state index < -0.39 is 13.3 Å². The Morgan fingerprint density at radius 2 is 1.88 bits per heavy atom. The van der Waals surface area contributed by atoms with Crippen molar-refractivity contribution in [1.82, 2.24) is 15.1 Å². The Kier molecular flexibility index (Phi) is 5.56. The van der Waals surface area contributed by atoms with E-state index in [4.69, 9.17) is 0 Å². The Morgan fingerprint density at radius 1 is 1.16 bits per heavy atom. The van der Waals surface area contributed by atoms with Gasteiger partial charge in [-0.05, 0) is 36.6 Å². The lowest BCUT2D eigenvalue weighted by Crippen LogP contribution is -2.46. The van der Waals surface area contributed by atoms with Crippen LogP contribution in [-0.2, 0) is 11.2 Å². The van der Waals surface area contributed by atoms with Crippen LogP contribution in [0.3, 0.4) is 0 Å². The van der Waals surface area contributed by atoms with Crippen molar-refractivity contribution in [1.29, 1.82) is 0 Å². The summed E-state index contributed by atoms with van der Waals surface area (Å²) in [5.41, 5.74) is 1.28. The van der Waals surface area contributed by atoms with Crippen molar-refractivity contribution in [3.05, 3.63) is 69.9 Å². The van der Waals surface area contributed by atoms with Crippen molar-refractivity contribution >= 4 is 29.5 Å². The molecule has 0 unspecified atom stereocenters. The summed E-state index contributed by atoms with van der Waals surface area (Å²) in [6.45, 7) is 0.963. The molecule has 1 aromatic heterocycles. The number of aromatic nitrogens is 2. The number of carbonyl (C=O) groups excluding carboxylic acids is 1. The van der Waals surface area contributed by atoms with Crippen LogP contribution in [0.2, 0.25) is 0 Å². The van der Waals surface area contributed by atoms with Gasteiger partial charge in [0.1, 0.15) is 12.3 Å². The minimum absolute atomic E-state index is 0.138. The van der Waals surface area contributed by atoms with E-state index >= 15 is 0 Å². The maximum atomic E-state index is 14.8. The van der Waals surface area contributed by atoms with E-state index in [0.29, 0.717) is 48.2 Å². The Balaban J connectivity index is 1.38. The second-order valence-corrected chi connectivity index (χ2v) is 12.1. The van der Waals surface area contributed by atoms with Crippen LogP contribution < -0.4 is 10.9 Å². The number of nitrogens with zero attached hydrogens (tertiary/aromatic N) is 2. The van der Waals surface area contributed by atoms with Crippen molar-refractivity contribution in [2.24, 2.45) is 5.92 Å². The van der Waals surface area contributed by atoms with Crippen LogP contribution in [0.15, 0.2) is 47.3 Å². The second-order valence-electron chi connectivity index (χ2n) is 8.83. The van der Waals surface area contributed by atoms with Gasteiger partial charge in [0, 0.05) is 17.7 Å². The number of aromatic amines is 1. The molecular weight excluding hydrogens is 428 g/mol. The molecule has 2 heterocycles. The lowest BCUT2D eigenvalue weighted by atomic mass is 9.84. The summed E-state index contributed by atoms with van der Waals surface area (Å²) in [6.07, 6.45) is 4.28. The molecule has 6 nitrogen and oxygen atoms in total. The molecule has 1 amide bonds. The molecule has 166 valence electrons. The average Bonchev–Trinajstić information content (AvgIpc) is 2.76. The Bertz CT molecular complexity index is 1230. The third-order valence-electron chi connectivity index (χ3n) is 6.85. The number of hydrogen-bond donors (Lipinski definition) is 2. The summed E-state index contributed by atoms with van der Waals surface area (Å²) in [5, 5.41) is 8.45. The predicted octanol–water partition coefficient (Wildman–Crippen LogP) is 2.85. The van der Waals surface area contributed by atoms with Crippen LogP contribution in [0.25, 0.3) is 10.8 Å². The maximum absolute atomic E-state index is 14.8. The van der Waals surface area contributed by atoms with E-state index in [9.17, 15) is 18.9 Å². The zero-order chi connectivity index (χ0) is 22.3. The van der Waals surface area contributed by atoms with Crippen LogP contribution in [0.5, 0.6) is 0 Å². The Hall–Kier alpha value is -2.63. The van der Waals surface area contributed by atoms with Gasteiger partial charge in [-0.25, -0.2) is 14.4 Å². The molecule has 2 aliphatic rings. The standard InChI is InChI=1S/C24H25FN3O3P/c25-20-9-8-16(14-21-18-6-1-2-7-19(18)23(29)27-26-21)15-22(20)32(31)12-10-28(11-13-32)24(30)17-4-3-5-17/h1-2,6-9,15,17,31H,3-5,10-14H2/p+1. The van der Waals surface area contributed by atoms with Gasteiger partial charge in [0.25, 0.3) is 5.56 Å². The minimum Gasteiger partial charge on any atom is -0.335 e. The fourth-order valence-electron chi connectivity index (χ4n) is 4.66. The molecule has 2 aromatic carbocycles. The highest BCUT2D eigenvalue weighted by Crippen LogP contribution is 2.55. The number of rotatable bonds is 4. The van der Waals surface area contributed by atoms with Crippen LogP contribution in [-0.4, -0.2) is 51.3 Å². The zero-order valence-electron chi connectivity index (χ0n) is 17.8. The molecule has 0 atom stereocenters. The summed E-state index contributed by atoms with van der Waals surface area (Å²) in [4.78, 5) is 37.8. The molecular formula is C24H26FN3O3P+. The molecule has 2 N–H and O–H groups in total. The summed E-state index contributed by atoms with van der Waals surface area (Å²) < 4.78 is 14.8. The average molecular weight is 454 g/mol. The van der Waals surface area contributed by atoms with E-state index in [1.807, 2.05) is 17.0 Å². The number of carbonyl (C=O) groups is 1. The number of H-pyrrole nitrogens is 1. The fraction of sp³-hybridized carbons (Fsp3) is 0.375. The Morgan fingerprint density at radius 3 is 2.56 bits per heavy atom. The number of hydrogen-bond acceptors (Lipinski definition) is 4. The van der Waals surface area contributed by atoms with E-state index in [1.54, 1.807) is 24.3 Å². The van der Waals surface area contributed by atoms with Gasteiger partial charge in [-0.3, -0.25) is 9.59 Å². The van der Waals surface area contributed by atoms with Gasteiger partial charge < -0.3 is 4.90 Å². The first-order valence-electron chi connectivity index (χ1n) is 11.1. The van der Waals surface area contributed by atoms with Crippen molar-refractivity contribution in [2.75, 3.05) is 25.4 Å². The molecule has 1 aliphatic heterocycles.